The predicted molar refractivity (Wildman–Crippen MR) is 54.7 cm³/mol. The van der Waals surface area contributed by atoms with Crippen LogP contribution >= 0.6 is 0 Å². The summed E-state index contributed by atoms with van der Waals surface area (Å²) in [5.74, 6) is -0.922. The van der Waals surface area contributed by atoms with Gasteiger partial charge in [0, 0.05) is 6.08 Å². The van der Waals surface area contributed by atoms with Crippen LogP contribution in [0.25, 0.3) is 6.08 Å². The molecule has 5 heteroatoms. The lowest BCUT2D eigenvalue weighted by Gasteiger charge is -1.87. The van der Waals surface area contributed by atoms with Crippen molar-refractivity contribution in [3.8, 4) is 0 Å². The van der Waals surface area contributed by atoms with E-state index in [-0.39, 0.29) is 0 Å². The molecule has 1 rings (SSSR count). The molecule has 0 bridgehead atoms. The number of carboxylic acids is 1. The topological polar surface area (TPSA) is 77.8 Å². The van der Waals surface area contributed by atoms with E-state index in [2.05, 4.69) is 0 Å². The van der Waals surface area contributed by atoms with E-state index in [1.54, 1.807) is 6.08 Å². The maximum Gasteiger partial charge on any atom is 0.432 e. The zero-order chi connectivity index (χ0) is 10.8. The van der Waals surface area contributed by atoms with Gasteiger partial charge in [0.05, 0.1) is 0 Å². The fourth-order valence-electron chi connectivity index (χ4n) is 0.732. The van der Waals surface area contributed by atoms with Crippen LogP contribution in [-0.4, -0.2) is 28.8 Å². The zero-order valence-electron chi connectivity index (χ0n) is 7.50. The average molecular weight is 194 g/mol. The van der Waals surface area contributed by atoms with Gasteiger partial charge in [0.25, 0.3) is 0 Å². The highest BCUT2D eigenvalue weighted by molar-refractivity contribution is 6.13. The van der Waals surface area contributed by atoms with Gasteiger partial charge >= 0.3 is 13.7 Å². The molecule has 0 spiro atoms. The summed E-state index contributed by atoms with van der Waals surface area (Å²) >= 11 is 0. The quantitative estimate of drug-likeness (QED) is 0.458. The van der Waals surface area contributed by atoms with Gasteiger partial charge in [0.15, 0.2) is 0 Å². The van der Waals surface area contributed by atoms with Crippen molar-refractivity contribution in [2.45, 2.75) is 0 Å². The lowest BCUT2D eigenvalue weighted by molar-refractivity contribution is -0.131. The van der Waals surface area contributed by atoms with Gasteiger partial charge in [0.2, 0.25) is 0 Å². The van der Waals surface area contributed by atoms with Gasteiger partial charge in [0.1, 0.15) is 0 Å². The van der Waals surface area contributed by atoms with Gasteiger partial charge in [-0.15, -0.1) is 0 Å². The third kappa shape index (κ3) is 7.09. The highest BCUT2D eigenvalue weighted by Gasteiger charge is 1.85. The first-order valence-electron chi connectivity index (χ1n) is 3.88. The van der Waals surface area contributed by atoms with Crippen molar-refractivity contribution < 1.29 is 19.9 Å². The lowest BCUT2D eigenvalue weighted by Crippen LogP contribution is -1.85. The Bertz CT molecular complexity index is 284. The third-order valence-corrected chi connectivity index (χ3v) is 1.22. The number of benzene rings is 1. The van der Waals surface area contributed by atoms with Crippen LogP contribution in [0.5, 0.6) is 0 Å². The summed E-state index contributed by atoms with van der Waals surface area (Å²) in [7, 11) is -0.750. The molecule has 0 unspecified atom stereocenters. The fourth-order valence-corrected chi connectivity index (χ4v) is 0.732. The molecule has 14 heavy (non-hydrogen) atoms. The second-order valence-electron chi connectivity index (χ2n) is 2.22. The fraction of sp³-hybridized carbons (Fsp3) is 0. The van der Waals surface area contributed by atoms with E-state index in [1.165, 1.54) is 0 Å². The molecule has 1 aromatic carbocycles. The van der Waals surface area contributed by atoms with Crippen LogP contribution in [0, 0.1) is 0 Å². The Morgan fingerprint density at radius 3 is 2.14 bits per heavy atom. The standard InChI is InChI=1S/C9H8O2.BH3O2/c10-9(11)7-6-8-4-2-1-3-5-8;2-1-3/h1-7H,(H,10,11);1-3H. The summed E-state index contributed by atoms with van der Waals surface area (Å²) in [5, 5.41) is 22.5. The first-order chi connectivity index (χ1) is 6.70. The molecule has 3 N–H and O–H groups in total. The molecule has 0 saturated heterocycles. The maximum absolute atomic E-state index is 10.1. The van der Waals surface area contributed by atoms with Crippen molar-refractivity contribution in [2.75, 3.05) is 0 Å². The van der Waals surface area contributed by atoms with E-state index >= 15 is 0 Å². The number of hydrogen-bond donors (Lipinski definition) is 3. The first-order valence-corrected chi connectivity index (χ1v) is 3.88. The van der Waals surface area contributed by atoms with Gasteiger partial charge in [-0.05, 0) is 11.6 Å². The molecule has 0 radical (unpaired) electrons. The van der Waals surface area contributed by atoms with Crippen molar-refractivity contribution in [3.63, 3.8) is 0 Å². The first kappa shape index (κ1) is 12.4. The Labute approximate surface area is 82.4 Å². The van der Waals surface area contributed by atoms with Gasteiger partial charge in [-0.3, -0.25) is 0 Å². The highest BCUT2D eigenvalue weighted by atomic mass is 16.4. The Morgan fingerprint density at radius 1 is 1.21 bits per heavy atom. The largest absolute Gasteiger partial charge is 0.478 e. The van der Waals surface area contributed by atoms with E-state index in [4.69, 9.17) is 15.2 Å². The Morgan fingerprint density at radius 2 is 1.71 bits per heavy atom. The van der Waals surface area contributed by atoms with Crippen molar-refractivity contribution in [3.05, 3.63) is 42.0 Å². The Balaban J connectivity index is 0.000000500. The minimum absolute atomic E-state index is 0.750. The average Bonchev–Trinajstić information content (AvgIpc) is 2.18. The summed E-state index contributed by atoms with van der Waals surface area (Å²) in [4.78, 5) is 10.1. The van der Waals surface area contributed by atoms with Crippen LogP contribution in [0.1, 0.15) is 5.56 Å². The number of carboxylic acid groups (broad SMARTS) is 1. The molecule has 0 fully saturated rings. The molecule has 0 aliphatic heterocycles. The van der Waals surface area contributed by atoms with Gasteiger partial charge in [-0.1, -0.05) is 30.3 Å². The van der Waals surface area contributed by atoms with Crippen molar-refractivity contribution in [1.82, 2.24) is 0 Å². The van der Waals surface area contributed by atoms with E-state index in [0.717, 1.165) is 11.6 Å². The monoisotopic (exact) mass is 194 g/mol. The number of hydrogen-bond acceptors (Lipinski definition) is 3. The molecule has 0 aliphatic rings. The molecule has 0 amide bonds. The second-order valence-corrected chi connectivity index (χ2v) is 2.22. The molecule has 1 aromatic rings. The molecule has 4 nitrogen and oxygen atoms in total. The maximum atomic E-state index is 10.1. The molecule has 0 aromatic heterocycles. The van der Waals surface area contributed by atoms with E-state index in [9.17, 15) is 4.79 Å². The predicted octanol–water partition coefficient (Wildman–Crippen LogP) is 0.0219. The normalized spacial score (nSPS) is 9.00. The summed E-state index contributed by atoms with van der Waals surface area (Å²) in [6, 6.07) is 9.31. The Kier molecular flexibility index (Phi) is 7.12. The van der Waals surface area contributed by atoms with Crippen LogP contribution in [0.4, 0.5) is 0 Å². The molecule has 0 saturated carbocycles. The SMILES string of the molecule is O=C(O)C=Cc1ccccc1.OBO. The minimum Gasteiger partial charge on any atom is -0.478 e. The van der Waals surface area contributed by atoms with Crippen LogP contribution < -0.4 is 0 Å². The van der Waals surface area contributed by atoms with Gasteiger partial charge < -0.3 is 15.2 Å². The van der Waals surface area contributed by atoms with Crippen LogP contribution in [-0.2, 0) is 4.79 Å². The zero-order valence-corrected chi connectivity index (χ0v) is 7.50. The van der Waals surface area contributed by atoms with E-state index < -0.39 is 13.7 Å². The van der Waals surface area contributed by atoms with Crippen LogP contribution in [0.15, 0.2) is 36.4 Å². The number of aliphatic carboxylic acids is 1. The number of carbonyl (C=O) groups is 1. The van der Waals surface area contributed by atoms with Gasteiger partial charge in [-0.25, -0.2) is 4.79 Å². The van der Waals surface area contributed by atoms with Crippen molar-refractivity contribution in [2.24, 2.45) is 0 Å². The van der Waals surface area contributed by atoms with Crippen LogP contribution in [0.2, 0.25) is 0 Å². The van der Waals surface area contributed by atoms with Crippen molar-refractivity contribution in [1.29, 1.82) is 0 Å². The van der Waals surface area contributed by atoms with Crippen LogP contribution in [0.3, 0.4) is 0 Å². The smallest absolute Gasteiger partial charge is 0.432 e. The second kappa shape index (κ2) is 8.03. The highest BCUT2D eigenvalue weighted by Crippen LogP contribution is 1.99. The molecule has 0 atom stereocenters. The molecular weight excluding hydrogens is 183 g/mol. The van der Waals surface area contributed by atoms with Gasteiger partial charge in [-0.2, -0.15) is 0 Å². The Hall–Kier alpha value is -1.59. The van der Waals surface area contributed by atoms with E-state index in [0.29, 0.717) is 0 Å². The lowest BCUT2D eigenvalue weighted by atomic mass is 10.2. The third-order valence-electron chi connectivity index (χ3n) is 1.22. The van der Waals surface area contributed by atoms with Crippen molar-refractivity contribution >= 4 is 19.7 Å². The molecule has 0 aliphatic carbocycles. The molecule has 74 valence electrons. The van der Waals surface area contributed by atoms with E-state index in [1.807, 2.05) is 30.3 Å². The summed E-state index contributed by atoms with van der Waals surface area (Å²) < 4.78 is 0. The number of rotatable bonds is 2. The summed E-state index contributed by atoms with van der Waals surface area (Å²) in [6.07, 6.45) is 2.68. The summed E-state index contributed by atoms with van der Waals surface area (Å²) in [6.45, 7) is 0. The molecular formula is C9H11BO4. The minimum atomic E-state index is -0.922. The summed E-state index contributed by atoms with van der Waals surface area (Å²) in [5.41, 5.74) is 0.898. The molecule has 0 heterocycles.